The predicted octanol–water partition coefficient (Wildman–Crippen LogP) is 2.27. The van der Waals surface area contributed by atoms with Gasteiger partial charge < -0.3 is 5.32 Å². The average Bonchev–Trinajstić information content (AvgIpc) is 2.50. The summed E-state index contributed by atoms with van der Waals surface area (Å²) in [5.74, 6) is -0.408. The fraction of sp³-hybridized carbons (Fsp3) is 0.273. The number of carbonyl (C=O) groups excluding carboxylic acids is 2. The van der Waals surface area contributed by atoms with Crippen LogP contribution in [0.1, 0.15) is 6.42 Å². The third kappa shape index (κ3) is 2.45. The largest absolute Gasteiger partial charge is 0.372 e. The van der Waals surface area contributed by atoms with Crippen molar-refractivity contribution in [1.29, 1.82) is 0 Å². The molecule has 1 aliphatic rings. The minimum atomic E-state index is -0.522. The zero-order valence-electron chi connectivity index (χ0n) is 9.04. The number of hydrogen-bond acceptors (Lipinski definition) is 3. The summed E-state index contributed by atoms with van der Waals surface area (Å²) in [5.41, 5.74) is 0.649. The molecule has 1 aromatic rings. The van der Waals surface area contributed by atoms with E-state index in [1.165, 1.54) is 7.05 Å². The van der Waals surface area contributed by atoms with Crippen molar-refractivity contribution in [3.05, 3.63) is 27.7 Å². The highest BCUT2D eigenvalue weighted by molar-refractivity contribution is 9.10. The summed E-state index contributed by atoms with van der Waals surface area (Å²) in [6, 6.07) is 4.79. The van der Waals surface area contributed by atoms with Crippen LogP contribution < -0.4 is 5.32 Å². The van der Waals surface area contributed by atoms with Crippen LogP contribution in [0.2, 0.25) is 5.02 Å². The van der Waals surface area contributed by atoms with Gasteiger partial charge in [0, 0.05) is 11.5 Å². The van der Waals surface area contributed by atoms with Gasteiger partial charge in [0.15, 0.2) is 0 Å². The number of amides is 2. The second kappa shape index (κ2) is 4.66. The van der Waals surface area contributed by atoms with Crippen molar-refractivity contribution < 1.29 is 9.59 Å². The fourth-order valence-electron chi connectivity index (χ4n) is 1.66. The number of nitrogens with zero attached hydrogens (tertiary/aromatic N) is 1. The van der Waals surface area contributed by atoms with Gasteiger partial charge >= 0.3 is 0 Å². The number of benzene rings is 1. The standard InChI is InChI=1S/C11H10BrClN2O2/c1-15-10(16)5-9(11(15)17)14-8-3-2-6(12)4-7(8)13/h2-4,9,14H,5H2,1H3. The van der Waals surface area contributed by atoms with Crippen LogP contribution in [0.25, 0.3) is 0 Å². The van der Waals surface area contributed by atoms with E-state index in [1.54, 1.807) is 12.1 Å². The highest BCUT2D eigenvalue weighted by Crippen LogP contribution is 2.27. The zero-order valence-corrected chi connectivity index (χ0v) is 11.4. The van der Waals surface area contributed by atoms with Gasteiger partial charge in [0.25, 0.3) is 5.91 Å². The van der Waals surface area contributed by atoms with Gasteiger partial charge in [-0.3, -0.25) is 14.5 Å². The summed E-state index contributed by atoms with van der Waals surface area (Å²) in [7, 11) is 1.48. The maximum absolute atomic E-state index is 11.7. The van der Waals surface area contributed by atoms with Crippen LogP contribution in [0.3, 0.4) is 0 Å². The number of nitrogens with one attached hydrogen (secondary N) is 1. The topological polar surface area (TPSA) is 49.4 Å². The Kier molecular flexibility index (Phi) is 3.40. The van der Waals surface area contributed by atoms with Crippen molar-refractivity contribution in [3.63, 3.8) is 0 Å². The van der Waals surface area contributed by atoms with E-state index in [0.717, 1.165) is 9.37 Å². The molecule has 1 aliphatic heterocycles. The highest BCUT2D eigenvalue weighted by Gasteiger charge is 2.36. The average molecular weight is 318 g/mol. The van der Waals surface area contributed by atoms with E-state index in [0.29, 0.717) is 10.7 Å². The van der Waals surface area contributed by atoms with E-state index in [2.05, 4.69) is 21.2 Å². The molecule has 1 fully saturated rings. The summed E-state index contributed by atoms with van der Waals surface area (Å²) in [5, 5.41) is 3.49. The molecule has 2 rings (SSSR count). The molecule has 1 aromatic carbocycles. The Morgan fingerprint density at radius 1 is 1.47 bits per heavy atom. The molecule has 2 amide bonds. The fourth-order valence-corrected chi connectivity index (χ4v) is 2.39. The Bertz CT molecular complexity index is 492. The summed E-state index contributed by atoms with van der Waals surface area (Å²) in [6.07, 6.45) is 0.168. The molecule has 0 spiro atoms. The number of rotatable bonds is 2. The van der Waals surface area contributed by atoms with Crippen LogP contribution >= 0.6 is 27.5 Å². The number of anilines is 1. The van der Waals surface area contributed by atoms with Crippen LogP contribution in [-0.2, 0) is 9.59 Å². The van der Waals surface area contributed by atoms with Crippen molar-refractivity contribution >= 4 is 45.0 Å². The Labute approximate surface area is 112 Å². The smallest absolute Gasteiger partial charge is 0.251 e. The van der Waals surface area contributed by atoms with Gasteiger partial charge in [-0.1, -0.05) is 27.5 Å². The van der Waals surface area contributed by atoms with Gasteiger partial charge in [-0.05, 0) is 18.2 Å². The SMILES string of the molecule is CN1C(=O)CC(Nc2ccc(Br)cc2Cl)C1=O. The number of hydrogen-bond donors (Lipinski definition) is 1. The van der Waals surface area contributed by atoms with E-state index >= 15 is 0 Å². The summed E-state index contributed by atoms with van der Waals surface area (Å²) < 4.78 is 0.860. The first-order chi connectivity index (χ1) is 7.99. The quantitative estimate of drug-likeness (QED) is 0.851. The van der Waals surface area contributed by atoms with E-state index in [-0.39, 0.29) is 18.2 Å². The number of likely N-dealkylation sites (N-methyl/N-ethyl adjacent to an activating group) is 1. The molecule has 6 heteroatoms. The van der Waals surface area contributed by atoms with Gasteiger partial charge in [0.2, 0.25) is 5.91 Å². The van der Waals surface area contributed by atoms with Gasteiger partial charge in [-0.15, -0.1) is 0 Å². The van der Waals surface area contributed by atoms with Crippen LogP contribution in [-0.4, -0.2) is 29.8 Å². The monoisotopic (exact) mass is 316 g/mol. The van der Waals surface area contributed by atoms with Crippen LogP contribution in [0.5, 0.6) is 0 Å². The van der Waals surface area contributed by atoms with Gasteiger partial charge in [0.1, 0.15) is 6.04 Å². The molecule has 1 atom stereocenters. The predicted molar refractivity (Wildman–Crippen MR) is 69.0 cm³/mol. The first-order valence-electron chi connectivity index (χ1n) is 5.01. The molecule has 4 nitrogen and oxygen atoms in total. The molecule has 90 valence electrons. The first-order valence-corrected chi connectivity index (χ1v) is 6.18. The lowest BCUT2D eigenvalue weighted by atomic mass is 10.2. The molecule has 1 heterocycles. The molecule has 17 heavy (non-hydrogen) atoms. The molecule has 1 N–H and O–H groups in total. The van der Waals surface area contributed by atoms with Crippen molar-refractivity contribution in [2.45, 2.75) is 12.5 Å². The van der Waals surface area contributed by atoms with Gasteiger partial charge in [0.05, 0.1) is 17.1 Å². The van der Waals surface area contributed by atoms with E-state index in [9.17, 15) is 9.59 Å². The normalized spacial score (nSPS) is 19.9. The minimum Gasteiger partial charge on any atom is -0.372 e. The van der Waals surface area contributed by atoms with E-state index in [4.69, 9.17) is 11.6 Å². The molecule has 0 aromatic heterocycles. The lowest BCUT2D eigenvalue weighted by Gasteiger charge is -2.13. The Morgan fingerprint density at radius 2 is 2.18 bits per heavy atom. The maximum atomic E-state index is 11.7. The molecular formula is C11H10BrClN2O2. The van der Waals surface area contributed by atoms with Crippen molar-refractivity contribution in [3.8, 4) is 0 Å². The van der Waals surface area contributed by atoms with Crippen LogP contribution in [0.4, 0.5) is 5.69 Å². The molecule has 0 radical (unpaired) electrons. The highest BCUT2D eigenvalue weighted by atomic mass is 79.9. The van der Waals surface area contributed by atoms with E-state index in [1.807, 2.05) is 6.07 Å². The number of halogens is 2. The molecule has 1 unspecified atom stereocenters. The summed E-state index contributed by atoms with van der Waals surface area (Å²) in [6.45, 7) is 0. The molecule has 0 bridgehead atoms. The second-order valence-electron chi connectivity index (χ2n) is 3.82. The Morgan fingerprint density at radius 3 is 2.71 bits per heavy atom. The Balaban J connectivity index is 2.17. The Hall–Kier alpha value is -1.07. The molecule has 1 saturated heterocycles. The van der Waals surface area contributed by atoms with Crippen molar-refractivity contribution in [1.82, 2.24) is 4.90 Å². The van der Waals surface area contributed by atoms with Gasteiger partial charge in [-0.2, -0.15) is 0 Å². The zero-order chi connectivity index (χ0) is 12.6. The first kappa shape index (κ1) is 12.4. The number of likely N-dealkylation sites (tertiary alicyclic amines) is 1. The van der Waals surface area contributed by atoms with Gasteiger partial charge in [-0.25, -0.2) is 0 Å². The van der Waals surface area contributed by atoms with Crippen molar-refractivity contribution in [2.75, 3.05) is 12.4 Å². The lowest BCUT2D eigenvalue weighted by Crippen LogP contribution is -2.31. The van der Waals surface area contributed by atoms with Crippen LogP contribution in [0, 0.1) is 0 Å². The molecule has 0 saturated carbocycles. The lowest BCUT2D eigenvalue weighted by molar-refractivity contribution is -0.136. The number of carbonyl (C=O) groups is 2. The van der Waals surface area contributed by atoms with Crippen molar-refractivity contribution in [2.24, 2.45) is 0 Å². The maximum Gasteiger partial charge on any atom is 0.251 e. The third-order valence-corrected chi connectivity index (χ3v) is 3.45. The third-order valence-electron chi connectivity index (χ3n) is 2.64. The molecule has 0 aliphatic carbocycles. The summed E-state index contributed by atoms with van der Waals surface area (Å²) >= 11 is 9.32. The molecular weight excluding hydrogens is 307 g/mol. The second-order valence-corrected chi connectivity index (χ2v) is 5.14. The number of imide groups is 1. The van der Waals surface area contributed by atoms with E-state index < -0.39 is 6.04 Å². The minimum absolute atomic E-state index is 0.168. The van der Waals surface area contributed by atoms with Crippen LogP contribution in [0.15, 0.2) is 22.7 Å². The summed E-state index contributed by atoms with van der Waals surface area (Å²) in [4.78, 5) is 24.2.